The van der Waals surface area contributed by atoms with E-state index in [-0.39, 0.29) is 17.6 Å². The highest BCUT2D eigenvalue weighted by Crippen LogP contribution is 2.18. The molecule has 1 rings (SSSR count). The zero-order chi connectivity index (χ0) is 12.8. The summed E-state index contributed by atoms with van der Waals surface area (Å²) in [5, 5.41) is 0. The van der Waals surface area contributed by atoms with E-state index in [1.165, 1.54) is 12.1 Å². The van der Waals surface area contributed by atoms with Crippen molar-refractivity contribution in [2.75, 3.05) is 18.0 Å². The molecule has 0 spiro atoms. The third-order valence-electron chi connectivity index (χ3n) is 2.72. The minimum absolute atomic E-state index is 0.0106. The van der Waals surface area contributed by atoms with Gasteiger partial charge in [0.15, 0.2) is 0 Å². The van der Waals surface area contributed by atoms with Crippen molar-refractivity contribution < 1.29 is 9.18 Å². The maximum absolute atomic E-state index is 13.1. The molecule has 3 nitrogen and oxygen atoms in total. The third-order valence-corrected chi connectivity index (χ3v) is 2.72. The van der Waals surface area contributed by atoms with E-state index in [1.54, 1.807) is 17.0 Å². The van der Waals surface area contributed by atoms with Crippen LogP contribution in [0.15, 0.2) is 24.3 Å². The summed E-state index contributed by atoms with van der Waals surface area (Å²) < 4.78 is 13.1. The van der Waals surface area contributed by atoms with E-state index in [0.29, 0.717) is 25.2 Å². The number of anilines is 1. The summed E-state index contributed by atoms with van der Waals surface area (Å²) in [5.74, 6) is -0.480. The highest BCUT2D eigenvalue weighted by molar-refractivity contribution is 5.94. The molecule has 2 N–H and O–H groups in total. The third kappa shape index (κ3) is 3.53. The van der Waals surface area contributed by atoms with Gasteiger partial charge in [-0.25, -0.2) is 4.39 Å². The second-order valence-electron chi connectivity index (χ2n) is 4.04. The number of nitrogens with zero attached hydrogens (tertiary/aromatic N) is 1. The predicted octanol–water partition coefficient (Wildman–Crippen LogP) is 2.16. The summed E-state index contributed by atoms with van der Waals surface area (Å²) in [4.78, 5) is 13.7. The number of halogens is 1. The molecule has 0 saturated carbocycles. The van der Waals surface area contributed by atoms with Crippen molar-refractivity contribution in [3.05, 3.63) is 30.1 Å². The van der Waals surface area contributed by atoms with Crippen LogP contribution in [0.5, 0.6) is 0 Å². The van der Waals surface area contributed by atoms with E-state index in [0.717, 1.165) is 0 Å². The number of carbonyl (C=O) groups excluding carboxylic acids is 1. The van der Waals surface area contributed by atoms with Gasteiger partial charge in [0.2, 0.25) is 5.91 Å². The minimum Gasteiger partial charge on any atom is -0.330 e. The van der Waals surface area contributed by atoms with Crippen LogP contribution in [-0.4, -0.2) is 19.0 Å². The van der Waals surface area contributed by atoms with E-state index in [2.05, 4.69) is 0 Å². The van der Waals surface area contributed by atoms with Gasteiger partial charge in [-0.05, 0) is 38.1 Å². The van der Waals surface area contributed by atoms with Crippen molar-refractivity contribution in [1.82, 2.24) is 0 Å². The topological polar surface area (TPSA) is 46.3 Å². The lowest BCUT2D eigenvalue weighted by atomic mass is 10.1. The van der Waals surface area contributed by atoms with Gasteiger partial charge in [-0.3, -0.25) is 4.79 Å². The largest absolute Gasteiger partial charge is 0.330 e. The van der Waals surface area contributed by atoms with Gasteiger partial charge in [-0.1, -0.05) is 13.0 Å². The molecule has 0 saturated heterocycles. The molecule has 0 fully saturated rings. The summed E-state index contributed by atoms with van der Waals surface area (Å²) in [7, 11) is 0. The monoisotopic (exact) mass is 238 g/mol. The summed E-state index contributed by atoms with van der Waals surface area (Å²) in [6.07, 6.45) is 0.644. The molecule has 17 heavy (non-hydrogen) atoms. The lowest BCUT2D eigenvalue weighted by Gasteiger charge is -2.24. The van der Waals surface area contributed by atoms with Crippen molar-refractivity contribution in [1.29, 1.82) is 0 Å². The van der Waals surface area contributed by atoms with Crippen LogP contribution < -0.4 is 10.6 Å². The Labute approximate surface area is 101 Å². The van der Waals surface area contributed by atoms with Gasteiger partial charge in [0, 0.05) is 18.2 Å². The standard InChI is InChI=1S/C13H19FN2O/c1-3-16(13(17)10(2)7-8-15)12-6-4-5-11(14)9-12/h4-6,9-10H,3,7-8,15H2,1-2H3. The SMILES string of the molecule is CCN(C(=O)C(C)CCN)c1cccc(F)c1. The molecule has 0 aromatic heterocycles. The lowest BCUT2D eigenvalue weighted by molar-refractivity contribution is -0.122. The fourth-order valence-corrected chi connectivity index (χ4v) is 1.75. The molecule has 1 amide bonds. The first kappa shape index (κ1) is 13.6. The first-order valence-corrected chi connectivity index (χ1v) is 5.87. The van der Waals surface area contributed by atoms with Crippen molar-refractivity contribution in [3.8, 4) is 0 Å². The molecular formula is C13H19FN2O. The quantitative estimate of drug-likeness (QED) is 0.854. The van der Waals surface area contributed by atoms with Crippen molar-refractivity contribution >= 4 is 11.6 Å². The van der Waals surface area contributed by atoms with Crippen LogP contribution in [0.1, 0.15) is 20.3 Å². The van der Waals surface area contributed by atoms with E-state index >= 15 is 0 Å². The number of rotatable bonds is 5. The van der Waals surface area contributed by atoms with Gasteiger partial charge < -0.3 is 10.6 Å². The lowest BCUT2D eigenvalue weighted by Crippen LogP contribution is -2.35. The summed E-state index contributed by atoms with van der Waals surface area (Å²) in [6.45, 7) is 4.72. The van der Waals surface area contributed by atoms with Gasteiger partial charge in [0.25, 0.3) is 0 Å². The van der Waals surface area contributed by atoms with E-state index in [4.69, 9.17) is 5.73 Å². The number of hydrogen-bond donors (Lipinski definition) is 1. The average molecular weight is 238 g/mol. The molecule has 1 aromatic carbocycles. The fourth-order valence-electron chi connectivity index (χ4n) is 1.75. The second kappa shape index (κ2) is 6.35. The van der Waals surface area contributed by atoms with Gasteiger partial charge in [0.05, 0.1) is 0 Å². The van der Waals surface area contributed by atoms with Crippen molar-refractivity contribution in [2.24, 2.45) is 11.7 Å². The predicted molar refractivity (Wildman–Crippen MR) is 67.3 cm³/mol. The maximum atomic E-state index is 13.1. The van der Waals surface area contributed by atoms with Crippen LogP contribution in [0.4, 0.5) is 10.1 Å². The Morgan fingerprint density at radius 3 is 2.76 bits per heavy atom. The number of nitrogens with two attached hydrogens (primary N) is 1. The normalized spacial score (nSPS) is 12.2. The van der Waals surface area contributed by atoms with Crippen LogP contribution in [0, 0.1) is 11.7 Å². The molecule has 1 unspecified atom stereocenters. The molecule has 0 radical (unpaired) electrons. The molecule has 0 aliphatic heterocycles. The Morgan fingerprint density at radius 1 is 1.53 bits per heavy atom. The second-order valence-corrected chi connectivity index (χ2v) is 4.04. The Balaban J connectivity index is 2.88. The first-order chi connectivity index (χ1) is 8.10. The van der Waals surface area contributed by atoms with Gasteiger partial charge in [0.1, 0.15) is 5.82 Å². The Hall–Kier alpha value is -1.42. The molecule has 94 valence electrons. The van der Waals surface area contributed by atoms with Crippen LogP contribution in [0.2, 0.25) is 0 Å². The molecule has 0 bridgehead atoms. The number of benzene rings is 1. The maximum Gasteiger partial charge on any atom is 0.229 e. The number of amides is 1. The van der Waals surface area contributed by atoms with Gasteiger partial charge in [-0.2, -0.15) is 0 Å². The van der Waals surface area contributed by atoms with Gasteiger partial charge in [-0.15, -0.1) is 0 Å². The Kier molecular flexibility index (Phi) is 5.10. The molecular weight excluding hydrogens is 219 g/mol. The number of carbonyl (C=O) groups is 1. The smallest absolute Gasteiger partial charge is 0.229 e. The zero-order valence-corrected chi connectivity index (χ0v) is 10.3. The van der Waals surface area contributed by atoms with E-state index < -0.39 is 0 Å². The fraction of sp³-hybridized carbons (Fsp3) is 0.462. The molecule has 0 aliphatic rings. The van der Waals surface area contributed by atoms with E-state index in [1.807, 2.05) is 13.8 Å². The molecule has 1 atom stereocenters. The summed E-state index contributed by atoms with van der Waals surface area (Å²) in [5.41, 5.74) is 6.04. The van der Waals surface area contributed by atoms with Crippen LogP contribution in [0.25, 0.3) is 0 Å². The van der Waals surface area contributed by atoms with Crippen LogP contribution >= 0.6 is 0 Å². The zero-order valence-electron chi connectivity index (χ0n) is 10.3. The Morgan fingerprint density at radius 2 is 2.24 bits per heavy atom. The van der Waals surface area contributed by atoms with Crippen LogP contribution in [0.3, 0.4) is 0 Å². The molecule has 1 aromatic rings. The Bertz CT molecular complexity index is 381. The van der Waals surface area contributed by atoms with Crippen molar-refractivity contribution in [2.45, 2.75) is 20.3 Å². The number of hydrogen-bond acceptors (Lipinski definition) is 2. The van der Waals surface area contributed by atoms with Crippen molar-refractivity contribution in [3.63, 3.8) is 0 Å². The summed E-state index contributed by atoms with van der Waals surface area (Å²) >= 11 is 0. The van der Waals surface area contributed by atoms with E-state index in [9.17, 15) is 9.18 Å². The highest BCUT2D eigenvalue weighted by atomic mass is 19.1. The summed E-state index contributed by atoms with van der Waals surface area (Å²) in [6, 6.07) is 6.08. The van der Waals surface area contributed by atoms with Crippen LogP contribution in [-0.2, 0) is 4.79 Å². The molecule has 4 heteroatoms. The average Bonchev–Trinajstić information content (AvgIpc) is 2.30. The highest BCUT2D eigenvalue weighted by Gasteiger charge is 2.20. The minimum atomic E-state index is -0.333. The van der Waals surface area contributed by atoms with Gasteiger partial charge >= 0.3 is 0 Å². The first-order valence-electron chi connectivity index (χ1n) is 5.87. The molecule has 0 aliphatic carbocycles. The molecule has 0 heterocycles.